The van der Waals surface area contributed by atoms with Crippen LogP contribution in [-0.4, -0.2) is 10.9 Å². The molecular weight excluding hydrogens is 284 g/mol. The van der Waals surface area contributed by atoms with E-state index in [-0.39, 0.29) is 11.3 Å². The van der Waals surface area contributed by atoms with Gasteiger partial charge in [-0.2, -0.15) is 0 Å². The van der Waals surface area contributed by atoms with E-state index in [1.165, 1.54) is 5.56 Å². The highest BCUT2D eigenvalue weighted by Crippen LogP contribution is 2.32. The van der Waals surface area contributed by atoms with Crippen molar-refractivity contribution in [3.8, 4) is 0 Å². The fourth-order valence-corrected chi connectivity index (χ4v) is 2.71. The highest BCUT2D eigenvalue weighted by molar-refractivity contribution is 6.08. The van der Waals surface area contributed by atoms with Gasteiger partial charge in [-0.1, -0.05) is 51.1 Å². The first-order chi connectivity index (χ1) is 11.0. The number of rotatable bonds is 2. The Labute approximate surface area is 136 Å². The molecule has 3 nitrogen and oxygen atoms in total. The van der Waals surface area contributed by atoms with Gasteiger partial charge in [-0.3, -0.25) is 9.78 Å². The van der Waals surface area contributed by atoms with E-state index in [2.05, 4.69) is 43.2 Å². The normalized spacial score (nSPS) is 11.4. The van der Waals surface area contributed by atoms with E-state index in [9.17, 15) is 4.79 Å². The van der Waals surface area contributed by atoms with Crippen molar-refractivity contribution >= 4 is 22.5 Å². The van der Waals surface area contributed by atoms with Gasteiger partial charge in [0.25, 0.3) is 5.91 Å². The van der Waals surface area contributed by atoms with Crippen molar-refractivity contribution in [1.29, 1.82) is 0 Å². The van der Waals surface area contributed by atoms with Crippen LogP contribution in [0.4, 0.5) is 5.69 Å². The number of hydrogen-bond donors (Lipinski definition) is 1. The van der Waals surface area contributed by atoms with Crippen molar-refractivity contribution < 1.29 is 4.79 Å². The summed E-state index contributed by atoms with van der Waals surface area (Å²) >= 11 is 0. The SMILES string of the molecule is CC(C)(C)c1ccc(NC(=O)c2ccccc2)c2ncccc12. The lowest BCUT2D eigenvalue weighted by Gasteiger charge is -2.22. The first kappa shape index (κ1) is 15.2. The Hall–Kier alpha value is -2.68. The van der Waals surface area contributed by atoms with Crippen LogP contribution in [0, 0.1) is 0 Å². The monoisotopic (exact) mass is 304 g/mol. The molecule has 0 spiro atoms. The third-order valence-corrected chi connectivity index (χ3v) is 3.86. The number of hydrogen-bond acceptors (Lipinski definition) is 2. The molecular formula is C20H20N2O. The van der Waals surface area contributed by atoms with Crippen LogP contribution < -0.4 is 5.32 Å². The molecule has 1 aromatic heterocycles. The fraction of sp³-hybridized carbons (Fsp3) is 0.200. The molecule has 0 saturated carbocycles. The molecule has 0 fully saturated rings. The first-order valence-corrected chi connectivity index (χ1v) is 7.71. The third kappa shape index (κ3) is 3.09. The van der Waals surface area contributed by atoms with Gasteiger partial charge < -0.3 is 5.32 Å². The van der Waals surface area contributed by atoms with Crippen molar-refractivity contribution in [2.24, 2.45) is 0 Å². The number of carbonyl (C=O) groups excluding carboxylic acids is 1. The topological polar surface area (TPSA) is 42.0 Å². The van der Waals surface area contributed by atoms with E-state index < -0.39 is 0 Å². The molecule has 3 rings (SSSR count). The fourth-order valence-electron chi connectivity index (χ4n) is 2.71. The van der Waals surface area contributed by atoms with Crippen LogP contribution in [0.5, 0.6) is 0 Å². The summed E-state index contributed by atoms with van der Waals surface area (Å²) in [5, 5.41) is 4.05. The number of anilines is 1. The Morgan fingerprint density at radius 1 is 0.957 bits per heavy atom. The predicted molar refractivity (Wildman–Crippen MR) is 94.8 cm³/mol. The number of pyridine rings is 1. The Bertz CT molecular complexity index is 848. The lowest BCUT2D eigenvalue weighted by atomic mass is 9.84. The highest BCUT2D eigenvalue weighted by atomic mass is 16.1. The van der Waals surface area contributed by atoms with Crippen LogP contribution in [0.1, 0.15) is 36.7 Å². The molecule has 1 N–H and O–H groups in total. The molecule has 0 atom stereocenters. The number of nitrogens with zero attached hydrogens (tertiary/aromatic N) is 1. The molecule has 2 aromatic carbocycles. The van der Waals surface area contributed by atoms with Crippen LogP contribution in [-0.2, 0) is 5.41 Å². The van der Waals surface area contributed by atoms with Crippen molar-refractivity contribution in [3.63, 3.8) is 0 Å². The van der Waals surface area contributed by atoms with E-state index in [1.807, 2.05) is 30.3 Å². The maximum atomic E-state index is 12.4. The summed E-state index contributed by atoms with van der Waals surface area (Å²) in [6.45, 7) is 6.53. The standard InChI is InChI=1S/C20H20N2O/c1-20(2,3)16-11-12-17(18-15(16)10-7-13-21-18)22-19(23)14-8-5-4-6-9-14/h4-13H,1-3H3,(H,22,23). The maximum Gasteiger partial charge on any atom is 0.255 e. The number of benzene rings is 2. The van der Waals surface area contributed by atoms with Crippen molar-refractivity contribution in [1.82, 2.24) is 4.98 Å². The molecule has 0 unspecified atom stereocenters. The van der Waals surface area contributed by atoms with Crippen LogP contribution in [0.15, 0.2) is 60.8 Å². The van der Waals surface area contributed by atoms with Crippen LogP contribution >= 0.6 is 0 Å². The Balaban J connectivity index is 2.05. The average Bonchev–Trinajstić information content (AvgIpc) is 2.55. The summed E-state index contributed by atoms with van der Waals surface area (Å²) in [4.78, 5) is 16.9. The van der Waals surface area contributed by atoms with Gasteiger partial charge in [-0.15, -0.1) is 0 Å². The van der Waals surface area contributed by atoms with Gasteiger partial charge in [-0.25, -0.2) is 0 Å². The summed E-state index contributed by atoms with van der Waals surface area (Å²) in [5.74, 6) is -0.124. The predicted octanol–water partition coefficient (Wildman–Crippen LogP) is 4.78. The zero-order valence-electron chi connectivity index (χ0n) is 13.6. The van der Waals surface area contributed by atoms with Gasteiger partial charge in [0.15, 0.2) is 0 Å². The quantitative estimate of drug-likeness (QED) is 0.740. The summed E-state index contributed by atoms with van der Waals surface area (Å²) < 4.78 is 0. The second-order valence-electron chi connectivity index (χ2n) is 6.63. The average molecular weight is 304 g/mol. The van der Waals surface area contributed by atoms with Gasteiger partial charge >= 0.3 is 0 Å². The Kier molecular flexibility index (Phi) is 3.87. The van der Waals surface area contributed by atoms with E-state index in [1.54, 1.807) is 18.3 Å². The molecule has 3 aromatic rings. The highest BCUT2D eigenvalue weighted by Gasteiger charge is 2.19. The Morgan fingerprint density at radius 2 is 1.70 bits per heavy atom. The van der Waals surface area contributed by atoms with Gasteiger partial charge in [0, 0.05) is 17.1 Å². The van der Waals surface area contributed by atoms with E-state index in [4.69, 9.17) is 0 Å². The zero-order chi connectivity index (χ0) is 16.4. The van der Waals surface area contributed by atoms with Gasteiger partial charge in [0.05, 0.1) is 11.2 Å². The third-order valence-electron chi connectivity index (χ3n) is 3.86. The second-order valence-corrected chi connectivity index (χ2v) is 6.63. The van der Waals surface area contributed by atoms with Crippen molar-refractivity contribution in [2.75, 3.05) is 5.32 Å². The molecule has 1 amide bonds. The van der Waals surface area contributed by atoms with E-state index in [0.717, 1.165) is 16.6 Å². The van der Waals surface area contributed by atoms with Gasteiger partial charge in [0.1, 0.15) is 0 Å². The van der Waals surface area contributed by atoms with Crippen molar-refractivity contribution in [3.05, 3.63) is 71.9 Å². The smallest absolute Gasteiger partial charge is 0.255 e. The van der Waals surface area contributed by atoms with Gasteiger partial charge in [0.2, 0.25) is 0 Å². The summed E-state index contributed by atoms with van der Waals surface area (Å²) in [7, 11) is 0. The molecule has 0 radical (unpaired) electrons. The summed E-state index contributed by atoms with van der Waals surface area (Å²) in [6.07, 6.45) is 1.76. The molecule has 3 heteroatoms. The Morgan fingerprint density at radius 3 is 2.39 bits per heavy atom. The molecule has 0 bridgehead atoms. The molecule has 1 heterocycles. The summed E-state index contributed by atoms with van der Waals surface area (Å²) in [5.41, 5.74) is 3.44. The van der Waals surface area contributed by atoms with Crippen LogP contribution in [0.25, 0.3) is 10.9 Å². The molecule has 0 aliphatic rings. The minimum Gasteiger partial charge on any atom is -0.320 e. The lowest BCUT2D eigenvalue weighted by Crippen LogP contribution is -2.15. The minimum absolute atomic E-state index is 0.0171. The van der Waals surface area contributed by atoms with Gasteiger partial charge in [-0.05, 0) is 35.2 Å². The molecule has 0 aliphatic carbocycles. The van der Waals surface area contributed by atoms with E-state index in [0.29, 0.717) is 5.56 Å². The van der Waals surface area contributed by atoms with Crippen molar-refractivity contribution in [2.45, 2.75) is 26.2 Å². The molecule has 0 saturated heterocycles. The summed E-state index contributed by atoms with van der Waals surface area (Å²) in [6, 6.07) is 17.2. The number of carbonyl (C=O) groups is 1. The second kappa shape index (κ2) is 5.84. The van der Waals surface area contributed by atoms with Crippen LogP contribution in [0.3, 0.4) is 0 Å². The van der Waals surface area contributed by atoms with E-state index >= 15 is 0 Å². The lowest BCUT2D eigenvalue weighted by molar-refractivity contribution is 0.102. The largest absolute Gasteiger partial charge is 0.320 e. The zero-order valence-corrected chi connectivity index (χ0v) is 13.6. The van der Waals surface area contributed by atoms with Crippen LogP contribution in [0.2, 0.25) is 0 Å². The number of aromatic nitrogens is 1. The molecule has 116 valence electrons. The minimum atomic E-state index is -0.124. The molecule has 0 aliphatic heterocycles. The maximum absolute atomic E-state index is 12.4. The molecule has 23 heavy (non-hydrogen) atoms. The first-order valence-electron chi connectivity index (χ1n) is 7.71. The number of fused-ring (bicyclic) bond motifs is 1. The number of nitrogens with one attached hydrogen (secondary N) is 1. The number of amides is 1.